The van der Waals surface area contributed by atoms with Gasteiger partial charge in [-0.1, -0.05) is 30.3 Å². The normalized spacial score (nSPS) is 13.4. The van der Waals surface area contributed by atoms with Crippen LogP contribution in [0.4, 0.5) is 4.39 Å². The van der Waals surface area contributed by atoms with Gasteiger partial charge in [0.2, 0.25) is 0 Å². The van der Waals surface area contributed by atoms with Gasteiger partial charge in [-0.3, -0.25) is 4.98 Å². The van der Waals surface area contributed by atoms with Crippen molar-refractivity contribution >= 4 is 0 Å². The summed E-state index contributed by atoms with van der Waals surface area (Å²) in [4.78, 5) is 9.49. The molecule has 0 spiro atoms. The fourth-order valence-corrected chi connectivity index (χ4v) is 4.32. The maximum Gasteiger partial charge on any atom is 0.165 e. The van der Waals surface area contributed by atoms with Crippen molar-refractivity contribution in [2.24, 2.45) is 0 Å². The summed E-state index contributed by atoms with van der Waals surface area (Å²) < 4.78 is 28.6. The second-order valence-corrected chi connectivity index (χ2v) is 8.30. The van der Waals surface area contributed by atoms with E-state index in [1.807, 2.05) is 62.4 Å². The number of rotatable bonds is 5. The summed E-state index contributed by atoms with van der Waals surface area (Å²) in [5.74, 6) is 0.572. The third kappa shape index (κ3) is 4.52. The van der Waals surface area contributed by atoms with E-state index >= 15 is 0 Å². The molecule has 5 rings (SSSR count). The number of halogens is 1. The number of imidazole rings is 1. The first kappa shape index (κ1) is 21.3. The molecule has 0 radical (unpaired) electrons. The molecule has 0 atom stereocenters. The van der Waals surface area contributed by atoms with Crippen LogP contribution in [0, 0.1) is 19.7 Å². The molecule has 168 valence electrons. The Hall–Kier alpha value is -3.51. The van der Waals surface area contributed by atoms with Crippen LogP contribution in [0.15, 0.2) is 60.7 Å². The monoisotopic (exact) mass is 443 g/mol. The topological polar surface area (TPSA) is 49.2 Å². The zero-order valence-electron chi connectivity index (χ0n) is 18.8. The lowest BCUT2D eigenvalue weighted by Crippen LogP contribution is -2.06. The smallest absolute Gasteiger partial charge is 0.165 e. The average molecular weight is 444 g/mol. The Balaban J connectivity index is 1.51. The van der Waals surface area contributed by atoms with Crippen LogP contribution < -0.4 is 4.74 Å². The summed E-state index contributed by atoms with van der Waals surface area (Å²) in [6.45, 7) is 6.21. The quantitative estimate of drug-likeness (QED) is 0.408. The number of aryl methyl sites for hydroxylation is 2. The first-order valence-electron chi connectivity index (χ1n) is 11.2. The number of ether oxygens (including phenoxy) is 2. The summed E-state index contributed by atoms with van der Waals surface area (Å²) in [6.07, 6.45) is 0.753. The van der Waals surface area contributed by atoms with E-state index < -0.39 is 5.82 Å². The molecule has 0 fully saturated rings. The van der Waals surface area contributed by atoms with E-state index in [1.165, 1.54) is 6.07 Å². The lowest BCUT2D eigenvalue weighted by Gasteiger charge is -2.11. The molecule has 0 amide bonds. The van der Waals surface area contributed by atoms with E-state index in [0.717, 1.165) is 51.7 Å². The Kier molecular flexibility index (Phi) is 5.92. The van der Waals surface area contributed by atoms with Crippen LogP contribution in [0.1, 0.15) is 22.6 Å². The molecular formula is C27H26FN3O2. The van der Waals surface area contributed by atoms with Crippen LogP contribution >= 0.6 is 0 Å². The van der Waals surface area contributed by atoms with Crippen molar-refractivity contribution in [3.05, 3.63) is 89.1 Å². The minimum Gasteiger partial charge on any atom is -0.486 e. The molecule has 0 aliphatic carbocycles. The maximum atomic E-state index is 15.0. The summed E-state index contributed by atoms with van der Waals surface area (Å²) in [7, 11) is 0. The van der Waals surface area contributed by atoms with Gasteiger partial charge in [0.1, 0.15) is 12.4 Å². The van der Waals surface area contributed by atoms with E-state index in [-0.39, 0.29) is 5.75 Å². The average Bonchev–Trinajstić information content (AvgIpc) is 2.99. The molecule has 0 saturated carbocycles. The summed E-state index contributed by atoms with van der Waals surface area (Å²) in [6, 6.07) is 18.9. The van der Waals surface area contributed by atoms with Gasteiger partial charge in [0.15, 0.2) is 11.6 Å². The van der Waals surface area contributed by atoms with Crippen LogP contribution in [0.5, 0.6) is 5.75 Å². The molecule has 0 N–H and O–H groups in total. The van der Waals surface area contributed by atoms with Gasteiger partial charge in [-0.25, -0.2) is 9.37 Å². The second-order valence-electron chi connectivity index (χ2n) is 8.30. The van der Waals surface area contributed by atoms with Gasteiger partial charge in [0.25, 0.3) is 0 Å². The van der Waals surface area contributed by atoms with Gasteiger partial charge in [-0.2, -0.15) is 0 Å². The standard InChI is InChI=1S/C27H26FN3O2/c1-18-14-22(15-19(2)29-18)26-24-10-12-32-13-11-31(24)27(30-26)21-8-9-25(23(28)16-21)33-17-20-6-4-3-5-7-20/h3-9,14-16H,10-13,17H2,1-2H3. The summed E-state index contributed by atoms with van der Waals surface area (Å²) in [5.41, 5.74) is 6.66. The molecule has 2 aromatic heterocycles. The van der Waals surface area contributed by atoms with Crippen LogP contribution in [0.2, 0.25) is 0 Å². The van der Waals surface area contributed by atoms with E-state index in [4.69, 9.17) is 14.5 Å². The number of fused-ring (bicyclic) bond motifs is 1. The first-order chi connectivity index (χ1) is 16.1. The molecular weight excluding hydrogens is 417 g/mol. The highest BCUT2D eigenvalue weighted by Gasteiger charge is 2.22. The zero-order chi connectivity index (χ0) is 22.8. The molecule has 0 saturated heterocycles. The minimum atomic E-state index is -0.400. The van der Waals surface area contributed by atoms with Gasteiger partial charge < -0.3 is 14.0 Å². The highest BCUT2D eigenvalue weighted by molar-refractivity contribution is 5.69. The van der Waals surface area contributed by atoms with E-state index in [1.54, 1.807) is 6.07 Å². The lowest BCUT2D eigenvalue weighted by atomic mass is 10.1. The molecule has 4 aromatic rings. The molecule has 1 aliphatic rings. The summed E-state index contributed by atoms with van der Waals surface area (Å²) >= 11 is 0. The lowest BCUT2D eigenvalue weighted by molar-refractivity contribution is 0.140. The van der Waals surface area contributed by atoms with Crippen LogP contribution in [-0.4, -0.2) is 27.7 Å². The van der Waals surface area contributed by atoms with Crippen molar-refractivity contribution in [3.63, 3.8) is 0 Å². The molecule has 1 aliphatic heterocycles. The third-order valence-electron chi connectivity index (χ3n) is 5.80. The Labute approximate surface area is 192 Å². The number of aromatic nitrogens is 3. The molecule has 33 heavy (non-hydrogen) atoms. The largest absolute Gasteiger partial charge is 0.486 e. The Morgan fingerprint density at radius 3 is 2.48 bits per heavy atom. The predicted octanol–water partition coefficient (Wildman–Crippen LogP) is 5.52. The van der Waals surface area contributed by atoms with Gasteiger partial charge in [-0.15, -0.1) is 0 Å². The fourth-order valence-electron chi connectivity index (χ4n) is 4.32. The van der Waals surface area contributed by atoms with E-state index in [0.29, 0.717) is 26.4 Å². The minimum absolute atomic E-state index is 0.231. The maximum absolute atomic E-state index is 15.0. The Morgan fingerprint density at radius 2 is 1.73 bits per heavy atom. The molecule has 3 heterocycles. The van der Waals surface area contributed by atoms with Crippen molar-refractivity contribution in [1.29, 1.82) is 0 Å². The fraction of sp³-hybridized carbons (Fsp3) is 0.259. The van der Waals surface area contributed by atoms with Crippen molar-refractivity contribution in [2.75, 3.05) is 13.2 Å². The van der Waals surface area contributed by atoms with Crippen molar-refractivity contribution in [3.8, 4) is 28.4 Å². The van der Waals surface area contributed by atoms with Crippen molar-refractivity contribution in [1.82, 2.24) is 14.5 Å². The first-order valence-corrected chi connectivity index (χ1v) is 11.2. The van der Waals surface area contributed by atoms with Crippen molar-refractivity contribution < 1.29 is 13.9 Å². The number of hydrogen-bond acceptors (Lipinski definition) is 4. The highest BCUT2D eigenvalue weighted by atomic mass is 19.1. The number of pyridine rings is 1. The van der Waals surface area contributed by atoms with Gasteiger partial charge in [-0.05, 0) is 49.7 Å². The van der Waals surface area contributed by atoms with Gasteiger partial charge >= 0.3 is 0 Å². The Morgan fingerprint density at radius 1 is 0.939 bits per heavy atom. The van der Waals surface area contributed by atoms with E-state index in [9.17, 15) is 4.39 Å². The van der Waals surface area contributed by atoms with Crippen LogP contribution in [-0.2, 0) is 24.3 Å². The van der Waals surface area contributed by atoms with Crippen LogP contribution in [0.3, 0.4) is 0 Å². The third-order valence-corrected chi connectivity index (χ3v) is 5.80. The molecule has 0 bridgehead atoms. The van der Waals surface area contributed by atoms with Gasteiger partial charge in [0, 0.05) is 41.2 Å². The van der Waals surface area contributed by atoms with Crippen LogP contribution in [0.25, 0.3) is 22.6 Å². The second kappa shape index (κ2) is 9.16. The number of hydrogen-bond donors (Lipinski definition) is 0. The molecule has 0 unspecified atom stereocenters. The zero-order valence-corrected chi connectivity index (χ0v) is 18.8. The molecule has 2 aromatic carbocycles. The number of nitrogens with zero attached hydrogens (tertiary/aromatic N) is 3. The van der Waals surface area contributed by atoms with Gasteiger partial charge in [0.05, 0.1) is 18.9 Å². The number of benzene rings is 2. The SMILES string of the molecule is Cc1cc(-c2nc(-c3ccc(OCc4ccccc4)c(F)c3)n3c2CCOCC3)cc(C)n1. The summed E-state index contributed by atoms with van der Waals surface area (Å²) in [5, 5.41) is 0. The molecule has 6 heteroatoms. The van der Waals surface area contributed by atoms with Crippen molar-refractivity contribution in [2.45, 2.75) is 33.4 Å². The van der Waals surface area contributed by atoms with E-state index in [2.05, 4.69) is 9.55 Å². The Bertz CT molecular complexity index is 1260. The molecule has 5 nitrogen and oxygen atoms in total. The highest BCUT2D eigenvalue weighted by Crippen LogP contribution is 2.33. The predicted molar refractivity (Wildman–Crippen MR) is 126 cm³/mol.